The van der Waals surface area contributed by atoms with Crippen molar-refractivity contribution in [2.45, 2.75) is 71.3 Å². The summed E-state index contributed by atoms with van der Waals surface area (Å²) < 4.78 is 16.3. The smallest absolute Gasteiger partial charge is 0.139 e. The molecule has 0 saturated heterocycles. The third kappa shape index (κ3) is 1.78. The van der Waals surface area contributed by atoms with E-state index < -0.39 is 11.8 Å². The van der Waals surface area contributed by atoms with Crippen molar-refractivity contribution >= 4 is 5.78 Å². The van der Waals surface area contributed by atoms with E-state index in [1.807, 2.05) is 6.92 Å². The number of carbonyl (C=O) groups excluding carboxylic acids is 1. The molecular formula is C19H28O2. The Morgan fingerprint density at radius 1 is 1.19 bits per heavy atom. The van der Waals surface area contributed by atoms with E-state index in [1.165, 1.54) is 5.57 Å². The summed E-state index contributed by atoms with van der Waals surface area (Å²) in [5.41, 5.74) is 1.12. The summed E-state index contributed by atoms with van der Waals surface area (Å²) >= 11 is 0. The lowest BCUT2D eigenvalue weighted by molar-refractivity contribution is -0.132. The summed E-state index contributed by atoms with van der Waals surface area (Å²) in [5.74, 6) is 1.02. The Morgan fingerprint density at radius 3 is 2.71 bits per heavy atom. The van der Waals surface area contributed by atoms with Gasteiger partial charge in [-0.3, -0.25) is 4.79 Å². The Hall–Kier alpha value is -0.630. The van der Waals surface area contributed by atoms with Crippen LogP contribution in [0.2, 0.25) is 0 Å². The highest BCUT2D eigenvalue weighted by Gasteiger charge is 2.58. The predicted octanol–water partition coefficient (Wildman–Crippen LogP) is 3.88. The minimum Gasteiger partial charge on any atom is -0.393 e. The van der Waals surface area contributed by atoms with E-state index in [1.54, 1.807) is 0 Å². The van der Waals surface area contributed by atoms with Crippen LogP contribution >= 0.6 is 0 Å². The van der Waals surface area contributed by atoms with Gasteiger partial charge >= 0.3 is 0 Å². The minimum absolute atomic E-state index is 0.146. The summed E-state index contributed by atoms with van der Waals surface area (Å²) in [4.78, 5) is 12.6. The molecule has 4 aliphatic carbocycles. The zero-order valence-electron chi connectivity index (χ0n) is 15.2. The first kappa shape index (κ1) is 11.9. The molecule has 0 aliphatic heterocycles. The lowest BCUT2D eigenvalue weighted by Crippen LogP contribution is -2.50. The molecule has 6 atom stereocenters. The quantitative estimate of drug-likeness (QED) is 0.687. The molecule has 116 valence electrons. The number of ketones is 1. The summed E-state index contributed by atoms with van der Waals surface area (Å²) in [6, 6.07) is 0. The van der Waals surface area contributed by atoms with Crippen molar-refractivity contribution in [3.63, 3.8) is 0 Å². The molecule has 2 nitrogen and oxygen atoms in total. The van der Waals surface area contributed by atoms with Gasteiger partial charge in [-0.15, -0.1) is 0 Å². The van der Waals surface area contributed by atoms with Gasteiger partial charge < -0.3 is 5.11 Å². The minimum atomic E-state index is -1.64. The van der Waals surface area contributed by atoms with Crippen LogP contribution in [0.4, 0.5) is 0 Å². The zero-order chi connectivity index (χ0) is 16.6. The second-order valence-electron chi connectivity index (χ2n) is 8.32. The highest BCUT2D eigenvalue weighted by Crippen LogP contribution is 2.63. The number of allylic oxidation sites excluding steroid dienone is 1. The molecule has 3 saturated carbocycles. The molecular weight excluding hydrogens is 260 g/mol. The first-order chi connectivity index (χ1) is 10.7. The molecule has 21 heavy (non-hydrogen) atoms. The molecule has 4 aliphatic rings. The van der Waals surface area contributed by atoms with Gasteiger partial charge in [0.15, 0.2) is 0 Å². The molecule has 0 aromatic rings. The SMILES string of the molecule is [2H]C1([2H])CC2C3CC=C4C[C@@H](O)CC[C@]4(C)C3CC[C@]2(C)C1=O. The van der Waals surface area contributed by atoms with Crippen LogP contribution in [0.3, 0.4) is 0 Å². The number of rotatable bonds is 0. The van der Waals surface area contributed by atoms with Crippen molar-refractivity contribution in [2.24, 2.45) is 28.6 Å². The van der Waals surface area contributed by atoms with E-state index in [0.717, 1.165) is 38.5 Å². The Kier molecular flexibility index (Phi) is 2.51. The molecule has 0 heterocycles. The summed E-state index contributed by atoms with van der Waals surface area (Å²) in [6.45, 7) is 4.38. The number of hydrogen-bond donors (Lipinski definition) is 1. The maximum absolute atomic E-state index is 12.6. The van der Waals surface area contributed by atoms with E-state index in [2.05, 4.69) is 13.0 Å². The Bertz CT molecular complexity index is 584. The Balaban J connectivity index is 1.71. The van der Waals surface area contributed by atoms with Gasteiger partial charge in [0.1, 0.15) is 5.78 Å². The van der Waals surface area contributed by atoms with Crippen molar-refractivity contribution < 1.29 is 12.6 Å². The molecule has 4 rings (SSSR count). The predicted molar refractivity (Wildman–Crippen MR) is 82.7 cm³/mol. The zero-order valence-corrected chi connectivity index (χ0v) is 13.2. The van der Waals surface area contributed by atoms with Gasteiger partial charge in [0.2, 0.25) is 0 Å². The van der Waals surface area contributed by atoms with Crippen LogP contribution in [-0.4, -0.2) is 17.0 Å². The summed E-state index contributed by atoms with van der Waals surface area (Å²) in [6.07, 6.45) is 6.45. The first-order valence-electron chi connectivity index (χ1n) is 9.61. The summed E-state index contributed by atoms with van der Waals surface area (Å²) in [7, 11) is 0. The average Bonchev–Trinajstić information content (AvgIpc) is 2.68. The maximum atomic E-state index is 12.6. The molecule has 3 fully saturated rings. The molecule has 0 aromatic carbocycles. The third-order valence-corrected chi connectivity index (χ3v) is 7.47. The van der Waals surface area contributed by atoms with Crippen molar-refractivity contribution in [1.82, 2.24) is 0 Å². The highest BCUT2D eigenvalue weighted by atomic mass is 16.3. The number of hydrogen-bond acceptors (Lipinski definition) is 2. The Labute approximate surface area is 130 Å². The molecule has 1 N–H and O–H groups in total. The molecule has 3 unspecified atom stereocenters. The normalized spacial score (nSPS) is 56.5. The first-order valence-corrected chi connectivity index (χ1v) is 8.61. The van der Waals surface area contributed by atoms with Gasteiger partial charge in [0, 0.05) is 14.5 Å². The van der Waals surface area contributed by atoms with E-state index in [0.29, 0.717) is 18.3 Å². The fourth-order valence-electron chi connectivity index (χ4n) is 6.02. The topological polar surface area (TPSA) is 37.3 Å². The monoisotopic (exact) mass is 290 g/mol. The van der Waals surface area contributed by atoms with Crippen LogP contribution in [0, 0.1) is 28.6 Å². The van der Waals surface area contributed by atoms with Gasteiger partial charge in [-0.2, -0.15) is 0 Å². The number of Topliss-reactive ketones (excluding diaryl/α,β-unsaturated/α-hetero) is 1. The van der Waals surface area contributed by atoms with Crippen molar-refractivity contribution in [2.75, 3.05) is 0 Å². The van der Waals surface area contributed by atoms with Gasteiger partial charge in [0.25, 0.3) is 0 Å². The van der Waals surface area contributed by atoms with E-state index in [-0.39, 0.29) is 23.2 Å². The molecule has 0 aromatic heterocycles. The number of aliphatic hydroxyl groups is 1. The van der Waals surface area contributed by atoms with Crippen molar-refractivity contribution in [3.05, 3.63) is 11.6 Å². The maximum Gasteiger partial charge on any atom is 0.139 e. The fourth-order valence-corrected chi connectivity index (χ4v) is 6.02. The van der Waals surface area contributed by atoms with Gasteiger partial charge in [0.05, 0.1) is 6.10 Å². The second-order valence-corrected chi connectivity index (χ2v) is 8.32. The average molecular weight is 290 g/mol. The standard InChI is InChI=1S/C19H28O2/c1-18-9-7-13(20)11-12(18)3-4-14-15-5-6-17(21)19(15,2)10-8-16(14)18/h3,13-16,20H,4-11H2,1-2H3/t13-,14?,15?,16?,18-,19-/m0/s1/i6D2. The Morgan fingerprint density at radius 2 is 1.90 bits per heavy atom. The van der Waals surface area contributed by atoms with Crippen LogP contribution in [0.1, 0.15) is 67.9 Å². The lowest BCUT2D eigenvalue weighted by Gasteiger charge is -2.56. The van der Waals surface area contributed by atoms with E-state index in [4.69, 9.17) is 2.74 Å². The van der Waals surface area contributed by atoms with Crippen molar-refractivity contribution in [3.8, 4) is 0 Å². The van der Waals surface area contributed by atoms with Crippen LogP contribution in [0.15, 0.2) is 11.6 Å². The van der Waals surface area contributed by atoms with Crippen LogP contribution < -0.4 is 0 Å². The molecule has 0 amide bonds. The molecule has 0 radical (unpaired) electrons. The molecule has 0 bridgehead atoms. The largest absolute Gasteiger partial charge is 0.393 e. The lowest BCUT2D eigenvalue weighted by atomic mass is 9.48. The van der Waals surface area contributed by atoms with Gasteiger partial charge in [-0.1, -0.05) is 25.5 Å². The van der Waals surface area contributed by atoms with E-state index in [9.17, 15) is 9.90 Å². The summed E-state index contributed by atoms with van der Waals surface area (Å²) in [5, 5.41) is 10.0. The van der Waals surface area contributed by atoms with Gasteiger partial charge in [-0.05, 0) is 68.1 Å². The van der Waals surface area contributed by atoms with E-state index >= 15 is 0 Å². The third-order valence-electron chi connectivity index (χ3n) is 7.47. The van der Waals surface area contributed by atoms with Crippen molar-refractivity contribution in [1.29, 1.82) is 0 Å². The molecule has 0 spiro atoms. The van der Waals surface area contributed by atoms with Crippen LogP contribution in [0.25, 0.3) is 0 Å². The van der Waals surface area contributed by atoms with Crippen LogP contribution in [0.5, 0.6) is 0 Å². The second kappa shape index (κ2) is 4.44. The fraction of sp³-hybridized carbons (Fsp3) is 0.842. The number of carbonyl (C=O) groups is 1. The molecule has 2 heteroatoms. The number of fused-ring (bicyclic) bond motifs is 5. The number of aliphatic hydroxyl groups excluding tert-OH is 1. The van der Waals surface area contributed by atoms with Gasteiger partial charge in [-0.25, -0.2) is 0 Å². The van der Waals surface area contributed by atoms with Crippen LogP contribution in [-0.2, 0) is 4.79 Å². The highest BCUT2D eigenvalue weighted by molar-refractivity contribution is 5.87.